The van der Waals surface area contributed by atoms with Gasteiger partial charge in [-0.25, -0.2) is 15.0 Å². The molecule has 30 heavy (non-hydrogen) atoms. The Morgan fingerprint density at radius 3 is 2.67 bits per heavy atom. The maximum absolute atomic E-state index is 12.8. The van der Waals surface area contributed by atoms with E-state index >= 15 is 0 Å². The molecule has 154 valence electrons. The van der Waals surface area contributed by atoms with Crippen molar-refractivity contribution in [2.75, 3.05) is 36.4 Å². The number of amides is 1. The zero-order valence-corrected chi connectivity index (χ0v) is 16.8. The molecule has 0 unspecified atom stereocenters. The van der Waals surface area contributed by atoms with Gasteiger partial charge in [-0.05, 0) is 31.9 Å². The minimum absolute atomic E-state index is 0.0679. The number of nitrogens with one attached hydrogen (secondary N) is 1. The number of pyridine rings is 1. The Morgan fingerprint density at radius 2 is 1.93 bits per heavy atom. The lowest BCUT2D eigenvalue weighted by Gasteiger charge is -2.35. The summed E-state index contributed by atoms with van der Waals surface area (Å²) < 4.78 is 5.33. The summed E-state index contributed by atoms with van der Waals surface area (Å²) in [7, 11) is 0. The second-order valence-corrected chi connectivity index (χ2v) is 7.67. The Bertz CT molecular complexity index is 1040. The highest BCUT2D eigenvalue weighted by atomic mass is 16.5. The predicted octanol–water partition coefficient (Wildman–Crippen LogP) is 2.75. The van der Waals surface area contributed by atoms with Crippen molar-refractivity contribution >= 4 is 23.4 Å². The monoisotopic (exact) mass is 405 g/mol. The second-order valence-electron chi connectivity index (χ2n) is 7.67. The van der Waals surface area contributed by atoms with Crippen molar-refractivity contribution in [3.05, 3.63) is 53.8 Å². The van der Waals surface area contributed by atoms with Gasteiger partial charge in [-0.2, -0.15) is 0 Å². The number of carbonyl (C=O) groups excluding carboxylic acids is 1. The Morgan fingerprint density at radius 1 is 1.10 bits per heavy atom. The lowest BCUT2D eigenvalue weighted by atomic mass is 10.2. The highest BCUT2D eigenvalue weighted by Gasteiger charge is 2.31. The van der Waals surface area contributed by atoms with E-state index in [1.165, 1.54) is 0 Å². The number of hydrogen-bond acceptors (Lipinski definition) is 8. The summed E-state index contributed by atoms with van der Waals surface area (Å²) in [6.45, 7) is 4.47. The fraction of sp³-hybridized carbons (Fsp3) is 0.381. The Labute approximate surface area is 174 Å². The quantitative estimate of drug-likeness (QED) is 0.692. The van der Waals surface area contributed by atoms with Crippen molar-refractivity contribution < 1.29 is 9.32 Å². The van der Waals surface area contributed by atoms with Crippen LogP contribution in [0, 0.1) is 6.92 Å². The zero-order valence-electron chi connectivity index (χ0n) is 16.8. The molecule has 1 N–H and O–H groups in total. The zero-order chi connectivity index (χ0) is 20.5. The molecule has 0 aromatic carbocycles. The SMILES string of the molecule is Cc1nc(Nc2ccccn2)cc(N2CCN(C(=O)c3cc(C4CC4)on3)CC2)n1. The summed E-state index contributed by atoms with van der Waals surface area (Å²) in [6, 6.07) is 9.39. The van der Waals surface area contributed by atoms with Gasteiger partial charge in [0.25, 0.3) is 5.91 Å². The highest BCUT2D eigenvalue weighted by Crippen LogP contribution is 2.40. The summed E-state index contributed by atoms with van der Waals surface area (Å²) in [5.41, 5.74) is 0.407. The van der Waals surface area contributed by atoms with E-state index < -0.39 is 0 Å². The van der Waals surface area contributed by atoms with Gasteiger partial charge in [0.15, 0.2) is 5.69 Å². The van der Waals surface area contributed by atoms with E-state index in [1.54, 1.807) is 12.3 Å². The molecule has 0 atom stereocenters. The molecule has 2 aliphatic rings. The van der Waals surface area contributed by atoms with E-state index in [9.17, 15) is 4.79 Å². The first-order chi connectivity index (χ1) is 14.7. The van der Waals surface area contributed by atoms with Crippen molar-refractivity contribution in [1.82, 2.24) is 25.0 Å². The molecule has 0 spiro atoms. The number of piperazine rings is 1. The molecule has 0 bridgehead atoms. The van der Waals surface area contributed by atoms with Crippen molar-refractivity contribution in [1.29, 1.82) is 0 Å². The number of aryl methyl sites for hydroxylation is 1. The minimum atomic E-state index is -0.0679. The number of rotatable bonds is 5. The molecule has 1 saturated heterocycles. The predicted molar refractivity (Wildman–Crippen MR) is 111 cm³/mol. The summed E-state index contributed by atoms with van der Waals surface area (Å²) in [5, 5.41) is 7.20. The topological polar surface area (TPSA) is 100 Å². The lowest BCUT2D eigenvalue weighted by Crippen LogP contribution is -2.49. The fourth-order valence-corrected chi connectivity index (χ4v) is 3.60. The largest absolute Gasteiger partial charge is 0.360 e. The van der Waals surface area contributed by atoms with E-state index in [-0.39, 0.29) is 5.91 Å². The average Bonchev–Trinajstić information content (AvgIpc) is 3.50. The van der Waals surface area contributed by atoms with Gasteiger partial charge in [0.2, 0.25) is 0 Å². The highest BCUT2D eigenvalue weighted by molar-refractivity contribution is 5.92. The van der Waals surface area contributed by atoms with Crippen LogP contribution in [0.25, 0.3) is 0 Å². The van der Waals surface area contributed by atoms with Gasteiger partial charge in [-0.15, -0.1) is 0 Å². The molecule has 3 aromatic rings. The Balaban J connectivity index is 1.24. The molecular formula is C21H23N7O2. The molecule has 9 heteroatoms. The second kappa shape index (κ2) is 7.74. The van der Waals surface area contributed by atoms with E-state index in [2.05, 4.69) is 30.3 Å². The number of carbonyl (C=O) groups is 1. The number of anilines is 3. The Kier molecular flexibility index (Phi) is 4.78. The molecule has 1 amide bonds. The molecule has 9 nitrogen and oxygen atoms in total. The summed E-state index contributed by atoms with van der Waals surface area (Å²) >= 11 is 0. The van der Waals surface area contributed by atoms with Gasteiger partial charge in [0, 0.05) is 50.4 Å². The third kappa shape index (κ3) is 3.96. The first-order valence-electron chi connectivity index (χ1n) is 10.2. The third-order valence-electron chi connectivity index (χ3n) is 5.36. The van der Waals surface area contributed by atoms with Crippen LogP contribution in [0.1, 0.15) is 40.8 Å². The van der Waals surface area contributed by atoms with Crippen LogP contribution in [0.3, 0.4) is 0 Å². The van der Waals surface area contributed by atoms with Gasteiger partial charge < -0.3 is 19.6 Å². The molecule has 0 radical (unpaired) electrons. The van der Waals surface area contributed by atoms with Crippen molar-refractivity contribution in [2.24, 2.45) is 0 Å². The van der Waals surface area contributed by atoms with E-state index in [0.29, 0.717) is 49.4 Å². The van der Waals surface area contributed by atoms with Crippen LogP contribution in [0.4, 0.5) is 17.5 Å². The fourth-order valence-electron chi connectivity index (χ4n) is 3.60. The number of hydrogen-bond donors (Lipinski definition) is 1. The van der Waals surface area contributed by atoms with Crippen LogP contribution in [-0.4, -0.2) is 57.1 Å². The number of nitrogens with zero attached hydrogens (tertiary/aromatic N) is 6. The van der Waals surface area contributed by atoms with Gasteiger partial charge in [0.05, 0.1) is 0 Å². The smallest absolute Gasteiger partial charge is 0.276 e. The molecule has 1 aliphatic heterocycles. The van der Waals surface area contributed by atoms with Crippen LogP contribution in [-0.2, 0) is 0 Å². The van der Waals surface area contributed by atoms with Crippen LogP contribution >= 0.6 is 0 Å². The molecule has 3 aromatic heterocycles. The van der Waals surface area contributed by atoms with Crippen LogP contribution in [0.2, 0.25) is 0 Å². The van der Waals surface area contributed by atoms with E-state index in [0.717, 1.165) is 30.2 Å². The standard InChI is InChI=1S/C21H23N7O2/c1-14-23-19(25-18-4-2-3-7-22-18)13-20(24-14)27-8-10-28(11-9-27)21(29)16-12-17(30-26-16)15-5-6-15/h2-4,7,12-13,15H,5-6,8-11H2,1H3,(H,22,23,24,25). The summed E-state index contributed by atoms with van der Waals surface area (Å²) in [4.78, 5) is 30.1. The average molecular weight is 405 g/mol. The van der Waals surface area contributed by atoms with Gasteiger partial charge >= 0.3 is 0 Å². The van der Waals surface area contributed by atoms with Gasteiger partial charge in [-0.1, -0.05) is 11.2 Å². The first kappa shape index (κ1) is 18.5. The molecule has 4 heterocycles. The normalized spacial score (nSPS) is 16.6. The lowest BCUT2D eigenvalue weighted by molar-refractivity contribution is 0.0736. The molecule has 2 fully saturated rings. The van der Waals surface area contributed by atoms with Crippen LogP contribution in [0.15, 0.2) is 41.1 Å². The molecular weight excluding hydrogens is 382 g/mol. The summed E-state index contributed by atoms with van der Waals surface area (Å²) in [5.74, 6) is 4.17. The number of aromatic nitrogens is 4. The van der Waals surface area contributed by atoms with Crippen molar-refractivity contribution in [2.45, 2.75) is 25.7 Å². The molecule has 1 aliphatic carbocycles. The minimum Gasteiger partial charge on any atom is -0.360 e. The molecule has 1 saturated carbocycles. The van der Waals surface area contributed by atoms with E-state index in [1.807, 2.05) is 36.1 Å². The van der Waals surface area contributed by atoms with Crippen LogP contribution in [0.5, 0.6) is 0 Å². The maximum atomic E-state index is 12.8. The van der Waals surface area contributed by atoms with E-state index in [4.69, 9.17) is 4.52 Å². The van der Waals surface area contributed by atoms with Crippen molar-refractivity contribution in [3.63, 3.8) is 0 Å². The third-order valence-corrected chi connectivity index (χ3v) is 5.36. The summed E-state index contributed by atoms with van der Waals surface area (Å²) in [6.07, 6.45) is 3.98. The molecule has 5 rings (SSSR count). The van der Waals surface area contributed by atoms with Crippen LogP contribution < -0.4 is 10.2 Å². The van der Waals surface area contributed by atoms with Crippen molar-refractivity contribution in [3.8, 4) is 0 Å². The maximum Gasteiger partial charge on any atom is 0.276 e. The van der Waals surface area contributed by atoms with Gasteiger partial charge in [0.1, 0.15) is 29.0 Å². The first-order valence-corrected chi connectivity index (χ1v) is 10.2. The van der Waals surface area contributed by atoms with Gasteiger partial charge in [-0.3, -0.25) is 4.79 Å². The Hall–Kier alpha value is -3.49.